The van der Waals surface area contributed by atoms with Gasteiger partial charge in [0.25, 0.3) is 0 Å². The predicted octanol–water partition coefficient (Wildman–Crippen LogP) is 2.28. The van der Waals surface area contributed by atoms with Crippen molar-refractivity contribution in [2.45, 2.75) is 24.8 Å². The van der Waals surface area contributed by atoms with E-state index in [1.165, 1.54) is 7.11 Å². The summed E-state index contributed by atoms with van der Waals surface area (Å²) in [5.74, 6) is -0.327. The van der Waals surface area contributed by atoms with E-state index in [1.807, 2.05) is 6.07 Å². The summed E-state index contributed by atoms with van der Waals surface area (Å²) in [5.41, 5.74) is 1.46. The number of methoxy groups -OCH3 is 1. The van der Waals surface area contributed by atoms with Crippen LogP contribution in [-0.4, -0.2) is 32.8 Å². The number of ether oxygens (including phenoxy) is 2. The molecule has 0 unspecified atom stereocenters. The van der Waals surface area contributed by atoms with Crippen LogP contribution in [0.1, 0.15) is 29.3 Å². The summed E-state index contributed by atoms with van der Waals surface area (Å²) >= 11 is 4.29. The lowest BCUT2D eigenvalue weighted by Crippen LogP contribution is -2.21. The number of hydrogen-bond donors (Lipinski definition) is 2. The summed E-state index contributed by atoms with van der Waals surface area (Å²) < 4.78 is 10.1. The quantitative estimate of drug-likeness (QED) is 0.436. The maximum absolute atomic E-state index is 11.6. The zero-order valence-corrected chi connectivity index (χ0v) is 12.3. The van der Waals surface area contributed by atoms with Gasteiger partial charge in [0.15, 0.2) is 0 Å². The molecule has 106 valence electrons. The molecule has 5 heteroatoms. The third-order valence-electron chi connectivity index (χ3n) is 2.58. The summed E-state index contributed by atoms with van der Waals surface area (Å²) in [6.07, 6.45) is 1.02. The molecule has 1 aromatic rings. The summed E-state index contributed by atoms with van der Waals surface area (Å²) in [6, 6.07) is 5.39. The summed E-state index contributed by atoms with van der Waals surface area (Å²) in [7, 11) is 1.38. The molecular weight excluding hydrogens is 262 g/mol. The molecule has 0 fully saturated rings. The molecule has 0 radical (unpaired) electrons. The van der Waals surface area contributed by atoms with Crippen LogP contribution in [0.25, 0.3) is 0 Å². The Morgan fingerprint density at radius 1 is 1.37 bits per heavy atom. The van der Waals surface area contributed by atoms with Crippen LogP contribution in [0, 0.1) is 0 Å². The molecule has 19 heavy (non-hydrogen) atoms. The molecule has 0 aliphatic rings. The van der Waals surface area contributed by atoms with E-state index in [1.54, 1.807) is 12.1 Å². The maximum Gasteiger partial charge on any atom is 0.338 e. The molecule has 1 aromatic carbocycles. The second kappa shape index (κ2) is 8.96. The number of thiol groups is 1. The minimum Gasteiger partial charge on any atom is -0.465 e. The van der Waals surface area contributed by atoms with Crippen molar-refractivity contribution in [1.82, 2.24) is 5.32 Å². The van der Waals surface area contributed by atoms with E-state index >= 15 is 0 Å². The van der Waals surface area contributed by atoms with E-state index in [9.17, 15) is 4.79 Å². The van der Waals surface area contributed by atoms with Crippen molar-refractivity contribution in [2.75, 3.05) is 26.9 Å². The first-order valence-electron chi connectivity index (χ1n) is 6.37. The minimum atomic E-state index is -0.327. The Morgan fingerprint density at radius 2 is 2.16 bits per heavy atom. The summed E-state index contributed by atoms with van der Waals surface area (Å²) in [6.45, 7) is 4.86. The first-order chi connectivity index (χ1) is 9.19. The largest absolute Gasteiger partial charge is 0.465 e. The number of carbonyl (C=O) groups is 1. The SMILES string of the molecule is CCCOCCNCc1cc(S)ccc1C(=O)OC. The molecule has 0 aromatic heterocycles. The van der Waals surface area contributed by atoms with Crippen LogP contribution in [0.3, 0.4) is 0 Å². The van der Waals surface area contributed by atoms with E-state index in [2.05, 4.69) is 24.9 Å². The van der Waals surface area contributed by atoms with Crippen LogP contribution in [0.5, 0.6) is 0 Å². The lowest BCUT2D eigenvalue weighted by atomic mass is 10.1. The van der Waals surface area contributed by atoms with E-state index in [-0.39, 0.29) is 5.97 Å². The second-order valence-electron chi connectivity index (χ2n) is 4.12. The van der Waals surface area contributed by atoms with E-state index in [4.69, 9.17) is 9.47 Å². The van der Waals surface area contributed by atoms with Gasteiger partial charge in [0.2, 0.25) is 0 Å². The third kappa shape index (κ3) is 5.63. The number of rotatable bonds is 8. The predicted molar refractivity (Wildman–Crippen MR) is 77.9 cm³/mol. The topological polar surface area (TPSA) is 47.6 Å². The van der Waals surface area contributed by atoms with Crippen molar-refractivity contribution in [3.05, 3.63) is 29.3 Å². The van der Waals surface area contributed by atoms with Gasteiger partial charge in [-0.15, -0.1) is 12.6 Å². The van der Waals surface area contributed by atoms with Crippen LogP contribution < -0.4 is 5.32 Å². The zero-order chi connectivity index (χ0) is 14.1. The van der Waals surface area contributed by atoms with Crippen LogP contribution in [0.4, 0.5) is 0 Å². The maximum atomic E-state index is 11.6. The number of hydrogen-bond acceptors (Lipinski definition) is 5. The van der Waals surface area contributed by atoms with Gasteiger partial charge in [-0.05, 0) is 30.2 Å². The highest BCUT2D eigenvalue weighted by Crippen LogP contribution is 2.15. The zero-order valence-electron chi connectivity index (χ0n) is 11.4. The van der Waals surface area contributed by atoms with Crippen molar-refractivity contribution >= 4 is 18.6 Å². The highest BCUT2D eigenvalue weighted by atomic mass is 32.1. The Balaban J connectivity index is 2.51. The van der Waals surface area contributed by atoms with Crippen LogP contribution >= 0.6 is 12.6 Å². The summed E-state index contributed by atoms with van der Waals surface area (Å²) in [5, 5.41) is 3.24. The Labute approximate surface area is 119 Å². The fraction of sp³-hybridized carbons (Fsp3) is 0.500. The van der Waals surface area contributed by atoms with E-state index in [0.29, 0.717) is 18.7 Å². The minimum absolute atomic E-state index is 0.327. The van der Waals surface area contributed by atoms with Gasteiger partial charge < -0.3 is 14.8 Å². The van der Waals surface area contributed by atoms with Crippen molar-refractivity contribution in [1.29, 1.82) is 0 Å². The molecule has 1 rings (SSSR count). The number of benzene rings is 1. The van der Waals surface area contributed by atoms with Crippen molar-refractivity contribution in [3.8, 4) is 0 Å². The molecule has 1 N–H and O–H groups in total. The van der Waals surface area contributed by atoms with Crippen LogP contribution in [0.15, 0.2) is 23.1 Å². The van der Waals surface area contributed by atoms with Gasteiger partial charge in [-0.2, -0.15) is 0 Å². The van der Waals surface area contributed by atoms with Gasteiger partial charge in [-0.25, -0.2) is 4.79 Å². The van der Waals surface area contributed by atoms with Crippen molar-refractivity contribution in [2.24, 2.45) is 0 Å². The third-order valence-corrected chi connectivity index (χ3v) is 2.86. The first kappa shape index (κ1) is 16.0. The summed E-state index contributed by atoms with van der Waals surface area (Å²) in [4.78, 5) is 12.4. The average molecular weight is 283 g/mol. The standard InChI is InChI=1S/C14H21NO3S/c1-3-7-18-8-6-15-10-11-9-12(19)4-5-13(11)14(16)17-2/h4-5,9,15,19H,3,6-8,10H2,1-2H3. The molecule has 0 spiro atoms. The monoisotopic (exact) mass is 283 g/mol. The van der Waals surface area contributed by atoms with Crippen LogP contribution in [0.2, 0.25) is 0 Å². The molecule has 0 aliphatic heterocycles. The Bertz CT molecular complexity index is 410. The molecule has 0 bridgehead atoms. The highest BCUT2D eigenvalue weighted by Gasteiger charge is 2.11. The fourth-order valence-corrected chi connectivity index (χ4v) is 1.88. The lowest BCUT2D eigenvalue weighted by Gasteiger charge is -2.10. The first-order valence-corrected chi connectivity index (χ1v) is 6.82. The second-order valence-corrected chi connectivity index (χ2v) is 4.64. The molecule has 0 saturated heterocycles. The Morgan fingerprint density at radius 3 is 2.84 bits per heavy atom. The molecule has 0 saturated carbocycles. The van der Waals surface area contributed by atoms with Crippen molar-refractivity contribution in [3.63, 3.8) is 0 Å². The van der Waals surface area contributed by atoms with E-state index in [0.717, 1.165) is 30.0 Å². The van der Waals surface area contributed by atoms with Gasteiger partial charge >= 0.3 is 5.97 Å². The average Bonchev–Trinajstić information content (AvgIpc) is 2.42. The molecular formula is C14H21NO3S. The number of carbonyl (C=O) groups excluding carboxylic acids is 1. The van der Waals surface area contributed by atoms with Gasteiger partial charge in [-0.3, -0.25) is 0 Å². The number of esters is 1. The Hall–Kier alpha value is -1.04. The molecule has 0 atom stereocenters. The Kier molecular flexibility index (Phi) is 7.55. The molecule has 0 aliphatic carbocycles. The highest BCUT2D eigenvalue weighted by molar-refractivity contribution is 7.80. The molecule has 4 nitrogen and oxygen atoms in total. The van der Waals surface area contributed by atoms with Gasteiger partial charge in [0.05, 0.1) is 19.3 Å². The van der Waals surface area contributed by atoms with Gasteiger partial charge in [0, 0.05) is 24.6 Å². The lowest BCUT2D eigenvalue weighted by molar-refractivity contribution is 0.0599. The molecule has 0 amide bonds. The smallest absolute Gasteiger partial charge is 0.338 e. The van der Waals surface area contributed by atoms with Crippen molar-refractivity contribution < 1.29 is 14.3 Å². The van der Waals surface area contributed by atoms with Gasteiger partial charge in [0.1, 0.15) is 0 Å². The molecule has 0 heterocycles. The normalized spacial score (nSPS) is 10.5. The fourth-order valence-electron chi connectivity index (χ4n) is 1.65. The van der Waals surface area contributed by atoms with Crippen LogP contribution in [-0.2, 0) is 16.0 Å². The van der Waals surface area contributed by atoms with Gasteiger partial charge in [-0.1, -0.05) is 6.92 Å². The van der Waals surface area contributed by atoms with E-state index < -0.39 is 0 Å². The number of nitrogens with one attached hydrogen (secondary N) is 1.